The van der Waals surface area contributed by atoms with Crippen LogP contribution >= 0.6 is 0 Å². The summed E-state index contributed by atoms with van der Waals surface area (Å²) in [5, 5.41) is 2.86. The Morgan fingerprint density at radius 2 is 1.56 bits per heavy atom. The van der Waals surface area contributed by atoms with Gasteiger partial charge in [0.2, 0.25) is 15.9 Å². The Morgan fingerprint density at radius 1 is 0.906 bits per heavy atom. The van der Waals surface area contributed by atoms with Crippen LogP contribution in [0, 0.1) is 13.8 Å². The molecule has 0 aliphatic rings. The molecule has 0 saturated carbocycles. The molecule has 0 radical (unpaired) electrons. The maximum absolute atomic E-state index is 13.2. The maximum Gasteiger partial charge on any atom is 0.244 e. The molecule has 0 spiro atoms. The number of carbonyl (C=O) groups excluding carboxylic acids is 1. The number of methoxy groups -OCH3 is 1. The molecule has 0 unspecified atom stereocenters. The van der Waals surface area contributed by atoms with E-state index in [0.29, 0.717) is 6.54 Å². The van der Waals surface area contributed by atoms with E-state index in [-0.39, 0.29) is 17.1 Å². The molecular formula is C25H28N2O4S. The number of hydrogen-bond donors (Lipinski definition) is 2. The summed E-state index contributed by atoms with van der Waals surface area (Å²) in [4.78, 5) is 13.1. The molecule has 3 rings (SSSR count). The van der Waals surface area contributed by atoms with Crippen molar-refractivity contribution in [3.05, 3.63) is 95.1 Å². The van der Waals surface area contributed by atoms with Gasteiger partial charge >= 0.3 is 0 Å². The molecule has 0 aliphatic heterocycles. The number of ether oxygens (including phenoxy) is 1. The summed E-state index contributed by atoms with van der Waals surface area (Å²) in [5.41, 5.74) is 3.68. The Labute approximate surface area is 189 Å². The summed E-state index contributed by atoms with van der Waals surface area (Å²) in [7, 11) is -2.60. The standard InChI is InChI=1S/C25H28N2O4S/c1-18-9-12-21(13-10-18)17-26-25(28)22(16-20-7-5-4-6-8-20)27-32(29,30)24-15-19(2)11-14-23(24)31-3/h4-15,22,27H,16-17H2,1-3H3,(H,26,28)/t22-/m0/s1. The lowest BCUT2D eigenvalue weighted by molar-refractivity contribution is -0.122. The van der Waals surface area contributed by atoms with Gasteiger partial charge in [0.1, 0.15) is 16.7 Å². The van der Waals surface area contributed by atoms with E-state index in [1.165, 1.54) is 13.2 Å². The van der Waals surface area contributed by atoms with Gasteiger partial charge in [-0.15, -0.1) is 0 Å². The molecule has 0 fully saturated rings. The smallest absolute Gasteiger partial charge is 0.244 e. The lowest BCUT2D eigenvalue weighted by Gasteiger charge is -2.20. The van der Waals surface area contributed by atoms with Crippen molar-refractivity contribution < 1.29 is 17.9 Å². The highest BCUT2D eigenvalue weighted by molar-refractivity contribution is 7.89. The maximum atomic E-state index is 13.2. The molecule has 3 aromatic carbocycles. The van der Waals surface area contributed by atoms with Crippen LogP contribution in [0.2, 0.25) is 0 Å². The minimum Gasteiger partial charge on any atom is -0.495 e. The van der Waals surface area contributed by atoms with Crippen molar-refractivity contribution in [3.8, 4) is 5.75 Å². The van der Waals surface area contributed by atoms with Gasteiger partial charge in [-0.25, -0.2) is 8.42 Å². The third-order valence-electron chi connectivity index (χ3n) is 5.09. The van der Waals surface area contributed by atoms with E-state index in [9.17, 15) is 13.2 Å². The zero-order chi connectivity index (χ0) is 23.1. The molecule has 0 saturated heterocycles. The number of rotatable bonds is 9. The molecule has 32 heavy (non-hydrogen) atoms. The topological polar surface area (TPSA) is 84.5 Å². The van der Waals surface area contributed by atoms with Gasteiger partial charge in [0.05, 0.1) is 7.11 Å². The van der Waals surface area contributed by atoms with Gasteiger partial charge in [-0.05, 0) is 49.1 Å². The second kappa shape index (κ2) is 10.4. The monoisotopic (exact) mass is 452 g/mol. The number of aryl methyl sites for hydroxylation is 2. The molecule has 0 bridgehead atoms. The van der Waals surface area contributed by atoms with Gasteiger partial charge in [0, 0.05) is 6.54 Å². The van der Waals surface area contributed by atoms with Gasteiger partial charge in [-0.2, -0.15) is 4.72 Å². The number of benzene rings is 3. The highest BCUT2D eigenvalue weighted by atomic mass is 32.2. The number of carbonyl (C=O) groups is 1. The summed E-state index contributed by atoms with van der Waals surface area (Å²) in [5.74, 6) is -0.175. The van der Waals surface area contributed by atoms with E-state index in [0.717, 1.165) is 22.3 Å². The summed E-state index contributed by atoms with van der Waals surface area (Å²) < 4.78 is 34.2. The van der Waals surface area contributed by atoms with Crippen LogP contribution in [0.1, 0.15) is 22.3 Å². The van der Waals surface area contributed by atoms with E-state index in [4.69, 9.17) is 4.74 Å². The fourth-order valence-electron chi connectivity index (χ4n) is 3.30. The Hall–Kier alpha value is -3.16. The van der Waals surface area contributed by atoms with Crippen molar-refractivity contribution >= 4 is 15.9 Å². The van der Waals surface area contributed by atoms with Crippen molar-refractivity contribution in [1.29, 1.82) is 0 Å². The zero-order valence-electron chi connectivity index (χ0n) is 18.5. The van der Waals surface area contributed by atoms with E-state index >= 15 is 0 Å². The number of nitrogens with one attached hydrogen (secondary N) is 2. The first kappa shape index (κ1) is 23.5. The van der Waals surface area contributed by atoms with Gasteiger partial charge in [0.15, 0.2) is 0 Å². The van der Waals surface area contributed by atoms with E-state index in [2.05, 4.69) is 10.0 Å². The fourth-order valence-corrected chi connectivity index (χ4v) is 4.75. The molecule has 0 aromatic heterocycles. The van der Waals surface area contributed by atoms with Gasteiger partial charge in [-0.3, -0.25) is 4.79 Å². The largest absolute Gasteiger partial charge is 0.495 e. The third-order valence-corrected chi connectivity index (χ3v) is 6.59. The normalized spacial score (nSPS) is 12.2. The molecule has 3 aromatic rings. The van der Waals surface area contributed by atoms with Crippen LogP contribution in [0.25, 0.3) is 0 Å². The number of hydrogen-bond acceptors (Lipinski definition) is 4. The second-order valence-electron chi connectivity index (χ2n) is 7.72. The second-order valence-corrected chi connectivity index (χ2v) is 9.40. The molecule has 1 atom stereocenters. The predicted molar refractivity (Wildman–Crippen MR) is 125 cm³/mol. The third kappa shape index (κ3) is 6.18. The minimum absolute atomic E-state index is 0.00407. The highest BCUT2D eigenvalue weighted by Gasteiger charge is 2.28. The molecule has 7 heteroatoms. The lowest BCUT2D eigenvalue weighted by atomic mass is 10.1. The Balaban J connectivity index is 1.84. The molecular weight excluding hydrogens is 424 g/mol. The van der Waals surface area contributed by atoms with Gasteiger partial charge in [-0.1, -0.05) is 66.2 Å². The first-order valence-electron chi connectivity index (χ1n) is 10.3. The van der Waals surface area contributed by atoms with Gasteiger partial charge < -0.3 is 10.1 Å². The summed E-state index contributed by atoms with van der Waals surface area (Å²) >= 11 is 0. The van der Waals surface area contributed by atoms with Crippen molar-refractivity contribution in [2.24, 2.45) is 0 Å². The minimum atomic E-state index is -4.01. The van der Waals surface area contributed by atoms with Crippen LogP contribution in [0.4, 0.5) is 0 Å². The predicted octanol–water partition coefficient (Wildman–Crippen LogP) is 3.52. The van der Waals surface area contributed by atoms with Crippen LogP contribution in [0.15, 0.2) is 77.7 Å². The molecule has 168 valence electrons. The van der Waals surface area contributed by atoms with Crippen molar-refractivity contribution in [2.45, 2.75) is 37.8 Å². The average Bonchev–Trinajstić information content (AvgIpc) is 2.78. The van der Waals surface area contributed by atoms with Gasteiger partial charge in [0.25, 0.3) is 0 Å². The summed E-state index contributed by atoms with van der Waals surface area (Å²) in [6.07, 6.45) is 0.216. The molecule has 0 aliphatic carbocycles. The van der Waals surface area contributed by atoms with Crippen molar-refractivity contribution in [3.63, 3.8) is 0 Å². The highest BCUT2D eigenvalue weighted by Crippen LogP contribution is 2.25. The summed E-state index contributed by atoms with van der Waals surface area (Å²) in [6.45, 7) is 4.10. The zero-order valence-corrected chi connectivity index (χ0v) is 19.3. The SMILES string of the molecule is COc1ccc(C)cc1S(=O)(=O)N[C@@H](Cc1ccccc1)C(=O)NCc1ccc(C)cc1. The van der Waals surface area contributed by atoms with Crippen LogP contribution in [-0.2, 0) is 27.8 Å². The average molecular weight is 453 g/mol. The number of sulfonamides is 1. The van der Waals surface area contributed by atoms with Crippen molar-refractivity contribution in [1.82, 2.24) is 10.0 Å². The molecule has 0 heterocycles. The van der Waals surface area contributed by atoms with Crippen LogP contribution in [-0.4, -0.2) is 27.5 Å². The first-order chi connectivity index (χ1) is 15.3. The number of amides is 1. The van der Waals surface area contributed by atoms with E-state index < -0.39 is 22.0 Å². The Morgan fingerprint density at radius 3 is 2.22 bits per heavy atom. The van der Waals surface area contributed by atoms with E-state index in [1.807, 2.05) is 61.5 Å². The van der Waals surface area contributed by atoms with Crippen LogP contribution in [0.3, 0.4) is 0 Å². The van der Waals surface area contributed by atoms with E-state index in [1.54, 1.807) is 19.1 Å². The molecule has 1 amide bonds. The molecule has 6 nitrogen and oxygen atoms in total. The van der Waals surface area contributed by atoms with Crippen LogP contribution < -0.4 is 14.8 Å². The molecule has 2 N–H and O–H groups in total. The van der Waals surface area contributed by atoms with Crippen LogP contribution in [0.5, 0.6) is 5.75 Å². The fraction of sp³-hybridized carbons (Fsp3) is 0.240. The Bertz CT molecular complexity index is 1160. The Kier molecular flexibility index (Phi) is 7.66. The van der Waals surface area contributed by atoms with Crippen molar-refractivity contribution in [2.75, 3.05) is 7.11 Å². The quantitative estimate of drug-likeness (QED) is 0.520. The first-order valence-corrected chi connectivity index (χ1v) is 11.8. The summed E-state index contributed by atoms with van der Waals surface area (Å²) in [6, 6.07) is 21.0. The lowest BCUT2D eigenvalue weighted by Crippen LogP contribution is -2.47.